The maximum atomic E-state index is 12.1. The minimum atomic E-state index is -0.790. The molecule has 3 rings (SSSR count). The van der Waals surface area contributed by atoms with Gasteiger partial charge in [0.05, 0.1) is 31.4 Å². The molecule has 7 heteroatoms. The molecule has 0 saturated carbocycles. The number of benzene rings is 2. The Kier molecular flexibility index (Phi) is 6.49. The Morgan fingerprint density at radius 1 is 1.21 bits per heavy atom. The van der Waals surface area contributed by atoms with E-state index in [1.165, 1.54) is 7.11 Å². The van der Waals surface area contributed by atoms with Crippen molar-refractivity contribution in [2.75, 3.05) is 20.8 Å². The number of aromatic amines is 1. The quantitative estimate of drug-likeness (QED) is 0.528. The van der Waals surface area contributed by atoms with E-state index in [1.54, 1.807) is 25.3 Å². The van der Waals surface area contributed by atoms with Gasteiger partial charge in [0.2, 0.25) is 5.91 Å². The molecule has 7 nitrogen and oxygen atoms in total. The number of nitrogens with zero attached hydrogens (tertiary/aromatic N) is 1. The number of imidazole rings is 1. The fourth-order valence-corrected chi connectivity index (χ4v) is 3.05. The number of ether oxygens (including phenoxy) is 2. The summed E-state index contributed by atoms with van der Waals surface area (Å²) >= 11 is 0. The van der Waals surface area contributed by atoms with Crippen LogP contribution in [0.2, 0.25) is 0 Å². The number of aromatic nitrogens is 2. The molecule has 0 fully saturated rings. The summed E-state index contributed by atoms with van der Waals surface area (Å²) in [5.74, 6) is 1.92. The average molecular weight is 383 g/mol. The lowest BCUT2D eigenvalue weighted by Crippen LogP contribution is -2.26. The Balaban J connectivity index is 1.46. The number of aliphatic hydroxyl groups excluding tert-OH is 1. The van der Waals surface area contributed by atoms with E-state index in [0.717, 1.165) is 16.9 Å². The molecule has 1 unspecified atom stereocenters. The third-order valence-electron chi connectivity index (χ3n) is 4.57. The zero-order chi connectivity index (χ0) is 19.9. The average Bonchev–Trinajstić information content (AvgIpc) is 3.14. The van der Waals surface area contributed by atoms with Gasteiger partial charge in [0.1, 0.15) is 17.3 Å². The number of para-hydroxylation sites is 2. The number of rotatable bonds is 9. The molecule has 0 aliphatic heterocycles. The predicted octanol–water partition coefficient (Wildman–Crippen LogP) is 2.75. The number of nitrogens with one attached hydrogen (secondary N) is 2. The van der Waals surface area contributed by atoms with Gasteiger partial charge in [-0.2, -0.15) is 0 Å². The fourth-order valence-electron chi connectivity index (χ4n) is 3.05. The first-order chi connectivity index (χ1) is 13.6. The SMILES string of the molecule is COc1ccc(C(O)CCC(=O)NCCc2nc3ccccc3[nH]2)c(OC)c1. The van der Waals surface area contributed by atoms with Gasteiger partial charge in [-0.05, 0) is 30.7 Å². The third-order valence-corrected chi connectivity index (χ3v) is 4.57. The fraction of sp³-hybridized carbons (Fsp3) is 0.333. The van der Waals surface area contributed by atoms with E-state index in [4.69, 9.17) is 9.47 Å². The second kappa shape index (κ2) is 9.23. The smallest absolute Gasteiger partial charge is 0.220 e. The van der Waals surface area contributed by atoms with E-state index in [2.05, 4.69) is 15.3 Å². The van der Waals surface area contributed by atoms with Gasteiger partial charge < -0.3 is 24.9 Å². The predicted molar refractivity (Wildman–Crippen MR) is 107 cm³/mol. The third kappa shape index (κ3) is 4.80. The normalized spacial score (nSPS) is 12.0. The number of carbonyl (C=O) groups excluding carboxylic acids is 1. The molecule has 0 saturated heterocycles. The van der Waals surface area contributed by atoms with Gasteiger partial charge in [-0.15, -0.1) is 0 Å². The molecule has 1 atom stereocenters. The molecule has 28 heavy (non-hydrogen) atoms. The van der Waals surface area contributed by atoms with Crippen molar-refractivity contribution >= 4 is 16.9 Å². The molecule has 2 aromatic carbocycles. The molecule has 0 aliphatic rings. The number of fused-ring (bicyclic) bond motifs is 1. The van der Waals surface area contributed by atoms with Crippen LogP contribution in [0.25, 0.3) is 11.0 Å². The number of aliphatic hydroxyl groups is 1. The van der Waals surface area contributed by atoms with E-state index >= 15 is 0 Å². The summed E-state index contributed by atoms with van der Waals surface area (Å²) in [6, 6.07) is 13.0. The minimum absolute atomic E-state index is 0.109. The van der Waals surface area contributed by atoms with Gasteiger partial charge in [0.25, 0.3) is 0 Å². The van der Waals surface area contributed by atoms with Crippen molar-refractivity contribution < 1.29 is 19.4 Å². The van der Waals surface area contributed by atoms with E-state index in [-0.39, 0.29) is 12.3 Å². The van der Waals surface area contributed by atoms with Crippen molar-refractivity contribution in [3.63, 3.8) is 0 Å². The first kappa shape index (κ1) is 19.7. The molecule has 1 heterocycles. The van der Waals surface area contributed by atoms with Crippen LogP contribution in [-0.2, 0) is 11.2 Å². The van der Waals surface area contributed by atoms with Gasteiger partial charge in [-0.1, -0.05) is 12.1 Å². The maximum absolute atomic E-state index is 12.1. The van der Waals surface area contributed by atoms with Crippen molar-refractivity contribution in [1.82, 2.24) is 15.3 Å². The second-order valence-electron chi connectivity index (χ2n) is 6.46. The highest BCUT2D eigenvalue weighted by atomic mass is 16.5. The summed E-state index contributed by atoms with van der Waals surface area (Å²) in [4.78, 5) is 19.8. The van der Waals surface area contributed by atoms with Crippen molar-refractivity contribution in [3.8, 4) is 11.5 Å². The van der Waals surface area contributed by atoms with Gasteiger partial charge >= 0.3 is 0 Å². The molecule has 3 aromatic rings. The van der Waals surface area contributed by atoms with Gasteiger partial charge in [0, 0.05) is 31.0 Å². The second-order valence-corrected chi connectivity index (χ2v) is 6.46. The van der Waals surface area contributed by atoms with Crippen LogP contribution < -0.4 is 14.8 Å². The molecule has 0 aliphatic carbocycles. The zero-order valence-corrected chi connectivity index (χ0v) is 16.1. The molecule has 148 valence electrons. The number of amides is 1. The number of methoxy groups -OCH3 is 2. The summed E-state index contributed by atoms with van der Waals surface area (Å²) in [6.45, 7) is 0.487. The number of hydrogen-bond donors (Lipinski definition) is 3. The molecular formula is C21H25N3O4. The summed E-state index contributed by atoms with van der Waals surface area (Å²) in [6.07, 6.45) is 0.354. The highest BCUT2D eigenvalue weighted by Gasteiger charge is 2.16. The molecule has 3 N–H and O–H groups in total. The lowest BCUT2D eigenvalue weighted by atomic mass is 10.0. The van der Waals surface area contributed by atoms with Gasteiger partial charge in [-0.25, -0.2) is 4.98 Å². The lowest BCUT2D eigenvalue weighted by Gasteiger charge is -2.15. The van der Waals surface area contributed by atoms with Crippen LogP contribution >= 0.6 is 0 Å². The Morgan fingerprint density at radius 2 is 2.04 bits per heavy atom. The first-order valence-electron chi connectivity index (χ1n) is 9.21. The minimum Gasteiger partial charge on any atom is -0.497 e. The van der Waals surface area contributed by atoms with E-state index in [1.807, 2.05) is 24.3 Å². The highest BCUT2D eigenvalue weighted by Crippen LogP contribution is 2.31. The van der Waals surface area contributed by atoms with Crippen LogP contribution in [0.5, 0.6) is 11.5 Å². The van der Waals surface area contributed by atoms with E-state index < -0.39 is 6.10 Å². The van der Waals surface area contributed by atoms with E-state index in [9.17, 15) is 9.90 Å². The molecule has 1 aromatic heterocycles. The highest BCUT2D eigenvalue weighted by molar-refractivity contribution is 5.76. The number of hydrogen-bond acceptors (Lipinski definition) is 5. The van der Waals surface area contributed by atoms with Crippen LogP contribution in [0, 0.1) is 0 Å². The van der Waals surface area contributed by atoms with Crippen LogP contribution in [0.1, 0.15) is 30.3 Å². The standard InChI is InChI=1S/C21H25N3O4/c1-27-14-7-8-15(19(13-14)28-2)18(25)9-10-21(26)22-12-11-20-23-16-5-3-4-6-17(16)24-20/h3-8,13,18,25H,9-12H2,1-2H3,(H,22,26)(H,23,24). The van der Waals surface area contributed by atoms with Crippen LogP contribution in [0.4, 0.5) is 0 Å². The molecular weight excluding hydrogens is 358 g/mol. The summed E-state index contributed by atoms with van der Waals surface area (Å²) < 4.78 is 10.5. The molecule has 1 amide bonds. The molecule has 0 spiro atoms. The van der Waals surface area contributed by atoms with E-state index in [0.29, 0.717) is 36.4 Å². The number of carbonyl (C=O) groups is 1. The largest absolute Gasteiger partial charge is 0.497 e. The van der Waals surface area contributed by atoms with Crippen molar-refractivity contribution in [2.45, 2.75) is 25.4 Å². The molecule has 0 bridgehead atoms. The van der Waals surface area contributed by atoms with Gasteiger partial charge in [0.15, 0.2) is 0 Å². The first-order valence-corrected chi connectivity index (χ1v) is 9.21. The van der Waals surface area contributed by atoms with Crippen LogP contribution in [0.15, 0.2) is 42.5 Å². The number of H-pyrrole nitrogens is 1. The summed E-state index contributed by atoms with van der Waals surface area (Å²) in [5.41, 5.74) is 2.54. The van der Waals surface area contributed by atoms with Crippen molar-refractivity contribution in [3.05, 3.63) is 53.9 Å². The van der Waals surface area contributed by atoms with Crippen molar-refractivity contribution in [2.24, 2.45) is 0 Å². The van der Waals surface area contributed by atoms with Crippen molar-refractivity contribution in [1.29, 1.82) is 0 Å². The lowest BCUT2D eigenvalue weighted by molar-refractivity contribution is -0.121. The Labute approximate surface area is 163 Å². The molecule has 0 radical (unpaired) electrons. The Bertz CT molecular complexity index is 905. The maximum Gasteiger partial charge on any atom is 0.220 e. The van der Waals surface area contributed by atoms with Crippen LogP contribution in [0.3, 0.4) is 0 Å². The Morgan fingerprint density at radius 3 is 2.79 bits per heavy atom. The Hall–Kier alpha value is -3.06. The van der Waals surface area contributed by atoms with Gasteiger partial charge in [-0.3, -0.25) is 4.79 Å². The monoisotopic (exact) mass is 383 g/mol. The summed E-state index contributed by atoms with van der Waals surface area (Å²) in [7, 11) is 3.11. The van der Waals surface area contributed by atoms with Crippen LogP contribution in [-0.4, -0.2) is 41.7 Å². The summed E-state index contributed by atoms with van der Waals surface area (Å²) in [5, 5.41) is 13.3. The topological polar surface area (TPSA) is 96.5 Å². The zero-order valence-electron chi connectivity index (χ0n) is 16.1.